The number of allylic oxidation sites excluding steroid dienone is 1. The fourth-order valence-electron chi connectivity index (χ4n) is 3.06. The van der Waals surface area contributed by atoms with Crippen LogP contribution in [0.4, 0.5) is 24.5 Å². The van der Waals surface area contributed by atoms with E-state index in [4.69, 9.17) is 0 Å². The van der Waals surface area contributed by atoms with Crippen molar-refractivity contribution >= 4 is 22.9 Å². The van der Waals surface area contributed by atoms with Crippen LogP contribution >= 0.6 is 0 Å². The van der Waals surface area contributed by atoms with Gasteiger partial charge < -0.3 is 10.2 Å². The Morgan fingerprint density at radius 1 is 0.962 bits per heavy atom. The summed E-state index contributed by atoms with van der Waals surface area (Å²) in [4.78, 5) is 14.4. The molecule has 136 valence electrons. The number of hydrogen-bond donors (Lipinski definition) is 1. The van der Waals surface area contributed by atoms with Crippen molar-refractivity contribution in [3.8, 4) is 0 Å². The standard InChI is InChI=1S/C20H19F3N2O/c21-20(22,23)16(15-8-2-1-3-9-15)14-19(26)24-17-10-4-5-11-18(17)25-12-6-7-13-25/h1-5,8-11,14H,6-7,12-13H2,(H,24,26)/b16-14+. The van der Waals surface area contributed by atoms with Crippen molar-refractivity contribution in [3.05, 3.63) is 66.2 Å². The Kier molecular flexibility index (Phi) is 5.30. The van der Waals surface area contributed by atoms with Gasteiger partial charge in [-0.3, -0.25) is 4.79 Å². The monoisotopic (exact) mass is 360 g/mol. The first-order valence-corrected chi connectivity index (χ1v) is 8.44. The number of rotatable bonds is 4. The lowest BCUT2D eigenvalue weighted by Crippen LogP contribution is -2.21. The summed E-state index contributed by atoms with van der Waals surface area (Å²) in [6, 6.07) is 14.5. The number of benzene rings is 2. The molecule has 0 atom stereocenters. The Hall–Kier alpha value is -2.76. The Labute approximate surface area is 150 Å². The molecule has 0 radical (unpaired) electrons. The summed E-state index contributed by atoms with van der Waals surface area (Å²) < 4.78 is 40.1. The van der Waals surface area contributed by atoms with Gasteiger partial charge in [0.2, 0.25) is 5.91 Å². The van der Waals surface area contributed by atoms with E-state index in [9.17, 15) is 18.0 Å². The number of amides is 1. The third-order valence-corrected chi connectivity index (χ3v) is 4.27. The third kappa shape index (κ3) is 4.25. The number of para-hydroxylation sites is 2. The lowest BCUT2D eigenvalue weighted by molar-refractivity contribution is -0.112. The van der Waals surface area contributed by atoms with Gasteiger partial charge in [0.25, 0.3) is 0 Å². The molecule has 0 aromatic heterocycles. The van der Waals surface area contributed by atoms with Gasteiger partial charge in [0.15, 0.2) is 0 Å². The van der Waals surface area contributed by atoms with Crippen molar-refractivity contribution < 1.29 is 18.0 Å². The molecule has 2 aromatic carbocycles. The van der Waals surface area contributed by atoms with E-state index >= 15 is 0 Å². The van der Waals surface area contributed by atoms with E-state index in [0.717, 1.165) is 31.6 Å². The normalized spacial score (nSPS) is 15.2. The first-order valence-electron chi connectivity index (χ1n) is 8.44. The van der Waals surface area contributed by atoms with Gasteiger partial charge in [0.1, 0.15) is 0 Å². The van der Waals surface area contributed by atoms with Crippen LogP contribution in [0.1, 0.15) is 18.4 Å². The molecule has 1 aliphatic rings. The fourth-order valence-corrected chi connectivity index (χ4v) is 3.06. The zero-order valence-corrected chi connectivity index (χ0v) is 14.1. The number of carbonyl (C=O) groups is 1. The molecule has 0 spiro atoms. The Morgan fingerprint density at radius 3 is 2.23 bits per heavy atom. The molecule has 1 N–H and O–H groups in total. The van der Waals surface area contributed by atoms with Crippen molar-refractivity contribution in [2.45, 2.75) is 19.0 Å². The molecule has 26 heavy (non-hydrogen) atoms. The maximum absolute atomic E-state index is 13.4. The van der Waals surface area contributed by atoms with E-state index in [1.165, 1.54) is 24.3 Å². The summed E-state index contributed by atoms with van der Waals surface area (Å²) in [5.74, 6) is -0.798. The SMILES string of the molecule is O=C(/C=C(\c1ccccc1)C(F)(F)F)Nc1ccccc1N1CCCC1. The molecule has 0 saturated carbocycles. The zero-order valence-electron chi connectivity index (χ0n) is 14.1. The molecule has 2 aromatic rings. The second kappa shape index (κ2) is 7.64. The molecule has 1 amide bonds. The first kappa shape index (κ1) is 18.0. The molecule has 1 heterocycles. The second-order valence-electron chi connectivity index (χ2n) is 6.12. The number of halogens is 3. The van der Waals surface area contributed by atoms with Crippen LogP contribution in [0.25, 0.3) is 5.57 Å². The van der Waals surface area contributed by atoms with Gasteiger partial charge in [0, 0.05) is 19.2 Å². The fraction of sp³-hybridized carbons (Fsp3) is 0.250. The molecular formula is C20H19F3N2O. The minimum absolute atomic E-state index is 0.0389. The number of anilines is 2. The molecule has 3 rings (SSSR count). The van der Waals surface area contributed by atoms with Crippen LogP contribution in [0.3, 0.4) is 0 Å². The Balaban J connectivity index is 1.86. The minimum atomic E-state index is -4.62. The topological polar surface area (TPSA) is 32.3 Å². The summed E-state index contributed by atoms with van der Waals surface area (Å²) >= 11 is 0. The van der Waals surface area contributed by atoms with Gasteiger partial charge in [0.05, 0.1) is 16.9 Å². The molecule has 3 nitrogen and oxygen atoms in total. The summed E-state index contributed by atoms with van der Waals surface area (Å²) in [5.41, 5.74) is 0.350. The van der Waals surface area contributed by atoms with Crippen LogP contribution in [0, 0.1) is 0 Å². The number of nitrogens with zero attached hydrogens (tertiary/aromatic N) is 1. The number of alkyl halides is 3. The lowest BCUT2D eigenvalue weighted by atomic mass is 10.1. The highest BCUT2D eigenvalue weighted by Gasteiger charge is 2.35. The van der Waals surface area contributed by atoms with E-state index in [1.54, 1.807) is 18.2 Å². The van der Waals surface area contributed by atoms with Crippen LogP contribution in [0.2, 0.25) is 0 Å². The largest absolute Gasteiger partial charge is 0.417 e. The Morgan fingerprint density at radius 2 is 1.58 bits per heavy atom. The van der Waals surface area contributed by atoms with Gasteiger partial charge >= 0.3 is 6.18 Å². The van der Waals surface area contributed by atoms with E-state index < -0.39 is 17.7 Å². The molecule has 0 bridgehead atoms. The van der Waals surface area contributed by atoms with Crippen molar-refractivity contribution in [1.29, 1.82) is 0 Å². The van der Waals surface area contributed by atoms with E-state index in [2.05, 4.69) is 10.2 Å². The van der Waals surface area contributed by atoms with Gasteiger partial charge in [-0.2, -0.15) is 13.2 Å². The highest BCUT2D eigenvalue weighted by molar-refractivity contribution is 6.06. The quantitative estimate of drug-likeness (QED) is 0.789. The Bertz CT molecular complexity index is 794. The summed E-state index contributed by atoms with van der Waals surface area (Å²) in [6.07, 6.45) is -1.87. The van der Waals surface area contributed by atoms with Crippen molar-refractivity contribution in [1.82, 2.24) is 0 Å². The van der Waals surface area contributed by atoms with Crippen molar-refractivity contribution in [3.63, 3.8) is 0 Å². The van der Waals surface area contributed by atoms with E-state index in [-0.39, 0.29) is 5.56 Å². The van der Waals surface area contributed by atoms with Crippen LogP contribution in [-0.2, 0) is 4.79 Å². The van der Waals surface area contributed by atoms with Gasteiger partial charge in [-0.15, -0.1) is 0 Å². The van der Waals surface area contributed by atoms with Gasteiger partial charge in [-0.1, -0.05) is 42.5 Å². The zero-order chi connectivity index (χ0) is 18.6. The third-order valence-electron chi connectivity index (χ3n) is 4.27. The molecule has 6 heteroatoms. The van der Waals surface area contributed by atoms with Crippen LogP contribution in [0.5, 0.6) is 0 Å². The summed E-state index contributed by atoms with van der Waals surface area (Å²) in [7, 11) is 0. The van der Waals surface area contributed by atoms with Crippen molar-refractivity contribution in [2.75, 3.05) is 23.3 Å². The second-order valence-corrected chi connectivity index (χ2v) is 6.12. The maximum atomic E-state index is 13.4. The minimum Gasteiger partial charge on any atom is -0.370 e. The summed E-state index contributed by atoms with van der Waals surface area (Å²) in [5, 5.41) is 2.60. The van der Waals surface area contributed by atoms with E-state index in [1.807, 2.05) is 12.1 Å². The molecule has 1 aliphatic heterocycles. The highest BCUT2D eigenvalue weighted by Crippen LogP contribution is 2.34. The molecule has 0 unspecified atom stereocenters. The average Bonchev–Trinajstić information content (AvgIpc) is 3.14. The maximum Gasteiger partial charge on any atom is 0.417 e. The van der Waals surface area contributed by atoms with Gasteiger partial charge in [-0.05, 0) is 30.5 Å². The predicted octanol–water partition coefficient (Wildman–Crippen LogP) is 4.87. The van der Waals surface area contributed by atoms with Crippen LogP contribution in [-0.4, -0.2) is 25.2 Å². The average molecular weight is 360 g/mol. The highest BCUT2D eigenvalue weighted by atomic mass is 19.4. The van der Waals surface area contributed by atoms with Crippen LogP contribution < -0.4 is 10.2 Å². The van der Waals surface area contributed by atoms with Gasteiger partial charge in [-0.25, -0.2) is 0 Å². The first-order chi connectivity index (χ1) is 12.4. The molecular weight excluding hydrogens is 341 g/mol. The molecule has 0 aliphatic carbocycles. The number of carbonyl (C=O) groups excluding carboxylic acids is 1. The molecule has 1 fully saturated rings. The summed E-state index contributed by atoms with van der Waals surface area (Å²) in [6.45, 7) is 1.75. The van der Waals surface area contributed by atoms with Crippen LogP contribution in [0.15, 0.2) is 60.7 Å². The predicted molar refractivity (Wildman–Crippen MR) is 97.0 cm³/mol. The molecule has 1 saturated heterocycles. The number of nitrogens with one attached hydrogen (secondary N) is 1. The van der Waals surface area contributed by atoms with Crippen molar-refractivity contribution in [2.24, 2.45) is 0 Å². The smallest absolute Gasteiger partial charge is 0.370 e. The van der Waals surface area contributed by atoms with E-state index in [0.29, 0.717) is 11.8 Å². The number of hydrogen-bond acceptors (Lipinski definition) is 2. The lowest BCUT2D eigenvalue weighted by Gasteiger charge is -2.21.